The number of carbonyl (C=O) groups excluding carboxylic acids is 1. The third kappa shape index (κ3) is 4.21. The predicted molar refractivity (Wildman–Crippen MR) is 98.5 cm³/mol. The van der Waals surface area contributed by atoms with Crippen molar-refractivity contribution in [3.8, 4) is 11.1 Å². The molecule has 5 heteroatoms. The molecule has 1 aliphatic heterocycles. The van der Waals surface area contributed by atoms with Crippen LogP contribution in [0.2, 0.25) is 0 Å². The molecule has 0 unspecified atom stereocenters. The monoisotopic (exact) mass is 341 g/mol. The summed E-state index contributed by atoms with van der Waals surface area (Å²) in [5.74, 6) is 0. The standard InChI is InChI=1S/C20H27N3O2/c1-15-18(16-8-6-5-7-9-16)14-23(21-15)17-10-12-22(13-11-17)19(24)25-20(2,3)4/h5-9,14,17H,10-13H2,1-4H3. The first-order valence-corrected chi connectivity index (χ1v) is 8.92. The van der Waals surface area contributed by atoms with Gasteiger partial charge in [0.1, 0.15) is 5.60 Å². The third-order valence-corrected chi connectivity index (χ3v) is 4.49. The number of benzene rings is 1. The predicted octanol–water partition coefficient (Wildman–Crippen LogP) is 4.43. The van der Waals surface area contributed by atoms with Crippen LogP contribution >= 0.6 is 0 Å². The topological polar surface area (TPSA) is 47.4 Å². The molecule has 134 valence electrons. The first-order valence-electron chi connectivity index (χ1n) is 8.92. The van der Waals surface area contributed by atoms with Crippen LogP contribution in [-0.4, -0.2) is 39.5 Å². The van der Waals surface area contributed by atoms with Crippen molar-refractivity contribution in [3.05, 3.63) is 42.2 Å². The number of likely N-dealkylation sites (tertiary alicyclic amines) is 1. The van der Waals surface area contributed by atoms with E-state index in [1.54, 1.807) is 4.90 Å². The highest BCUT2D eigenvalue weighted by atomic mass is 16.6. The van der Waals surface area contributed by atoms with Gasteiger partial charge in [-0.05, 0) is 46.1 Å². The Balaban J connectivity index is 1.65. The molecule has 0 saturated carbocycles. The lowest BCUT2D eigenvalue weighted by molar-refractivity contribution is 0.0184. The molecule has 1 aromatic heterocycles. The van der Waals surface area contributed by atoms with Gasteiger partial charge < -0.3 is 9.64 Å². The highest BCUT2D eigenvalue weighted by molar-refractivity contribution is 5.68. The molecule has 1 aromatic carbocycles. The number of aromatic nitrogens is 2. The van der Waals surface area contributed by atoms with Gasteiger partial charge >= 0.3 is 6.09 Å². The summed E-state index contributed by atoms with van der Waals surface area (Å²) in [5.41, 5.74) is 2.96. The number of hydrogen-bond acceptors (Lipinski definition) is 3. The Morgan fingerprint density at radius 3 is 2.40 bits per heavy atom. The second-order valence-electron chi connectivity index (χ2n) is 7.67. The minimum atomic E-state index is -0.447. The molecule has 1 saturated heterocycles. The fraction of sp³-hybridized carbons (Fsp3) is 0.500. The van der Waals surface area contributed by atoms with Crippen LogP contribution in [0.5, 0.6) is 0 Å². The summed E-state index contributed by atoms with van der Waals surface area (Å²) in [7, 11) is 0. The molecular weight excluding hydrogens is 314 g/mol. The van der Waals surface area contributed by atoms with Gasteiger partial charge in [0.25, 0.3) is 0 Å². The van der Waals surface area contributed by atoms with Crippen molar-refractivity contribution in [2.75, 3.05) is 13.1 Å². The lowest BCUT2D eigenvalue weighted by atomic mass is 10.1. The SMILES string of the molecule is Cc1nn(C2CCN(C(=O)OC(C)(C)C)CC2)cc1-c1ccccc1. The van der Waals surface area contributed by atoms with E-state index in [0.717, 1.165) is 18.5 Å². The molecule has 0 N–H and O–H groups in total. The molecule has 0 spiro atoms. The van der Waals surface area contributed by atoms with E-state index in [-0.39, 0.29) is 6.09 Å². The molecule has 1 aliphatic rings. The van der Waals surface area contributed by atoms with Crippen LogP contribution in [0.4, 0.5) is 4.79 Å². The van der Waals surface area contributed by atoms with Crippen LogP contribution in [0.25, 0.3) is 11.1 Å². The third-order valence-electron chi connectivity index (χ3n) is 4.49. The van der Waals surface area contributed by atoms with Crippen molar-refractivity contribution in [2.24, 2.45) is 0 Å². The Morgan fingerprint density at radius 1 is 1.16 bits per heavy atom. The zero-order valence-electron chi connectivity index (χ0n) is 15.5. The van der Waals surface area contributed by atoms with Gasteiger partial charge in [0.15, 0.2) is 0 Å². The van der Waals surface area contributed by atoms with Crippen molar-refractivity contribution >= 4 is 6.09 Å². The average Bonchev–Trinajstić information content (AvgIpc) is 2.96. The number of aryl methyl sites for hydroxylation is 1. The lowest BCUT2D eigenvalue weighted by Crippen LogP contribution is -2.42. The maximum Gasteiger partial charge on any atom is 0.410 e. The number of piperidine rings is 1. The van der Waals surface area contributed by atoms with E-state index in [9.17, 15) is 4.79 Å². The van der Waals surface area contributed by atoms with E-state index in [1.165, 1.54) is 11.1 Å². The van der Waals surface area contributed by atoms with Gasteiger partial charge in [0, 0.05) is 24.8 Å². The second kappa shape index (κ2) is 6.90. The molecule has 0 bridgehead atoms. The molecule has 2 heterocycles. The number of nitrogens with zero attached hydrogens (tertiary/aromatic N) is 3. The quantitative estimate of drug-likeness (QED) is 0.812. The fourth-order valence-electron chi connectivity index (χ4n) is 3.21. The number of amides is 1. The Labute approximate surface area is 149 Å². The Hall–Kier alpha value is -2.30. The van der Waals surface area contributed by atoms with Crippen LogP contribution in [0.3, 0.4) is 0 Å². The highest BCUT2D eigenvalue weighted by Crippen LogP contribution is 2.28. The molecular formula is C20H27N3O2. The van der Waals surface area contributed by atoms with Gasteiger partial charge in [0.2, 0.25) is 0 Å². The number of ether oxygens (including phenoxy) is 1. The Bertz CT molecular complexity index is 723. The number of carbonyl (C=O) groups is 1. The van der Waals surface area contributed by atoms with E-state index < -0.39 is 5.60 Å². The van der Waals surface area contributed by atoms with Gasteiger partial charge in [-0.3, -0.25) is 4.68 Å². The molecule has 25 heavy (non-hydrogen) atoms. The molecule has 1 amide bonds. The van der Waals surface area contributed by atoms with Crippen LogP contribution < -0.4 is 0 Å². The van der Waals surface area contributed by atoms with Gasteiger partial charge in [-0.15, -0.1) is 0 Å². The van der Waals surface area contributed by atoms with Gasteiger partial charge in [-0.1, -0.05) is 30.3 Å². The summed E-state index contributed by atoms with van der Waals surface area (Å²) in [6.07, 6.45) is 3.72. The van der Waals surface area contributed by atoms with Crippen molar-refractivity contribution in [1.29, 1.82) is 0 Å². The van der Waals surface area contributed by atoms with Gasteiger partial charge in [-0.25, -0.2) is 4.79 Å². The number of rotatable bonds is 2. The molecule has 3 rings (SSSR count). The van der Waals surface area contributed by atoms with Crippen molar-refractivity contribution in [2.45, 2.75) is 52.2 Å². The molecule has 0 radical (unpaired) electrons. The second-order valence-corrected chi connectivity index (χ2v) is 7.67. The summed E-state index contributed by atoms with van der Waals surface area (Å²) >= 11 is 0. The Morgan fingerprint density at radius 2 is 1.80 bits per heavy atom. The fourth-order valence-corrected chi connectivity index (χ4v) is 3.21. The maximum atomic E-state index is 12.2. The van der Waals surface area contributed by atoms with Crippen LogP contribution in [0.1, 0.15) is 45.3 Å². The minimum absolute atomic E-state index is 0.215. The Kier molecular flexibility index (Phi) is 4.84. The summed E-state index contributed by atoms with van der Waals surface area (Å²) in [5, 5.41) is 4.72. The van der Waals surface area contributed by atoms with Crippen LogP contribution in [0.15, 0.2) is 36.5 Å². The smallest absolute Gasteiger partial charge is 0.410 e. The normalized spacial score (nSPS) is 16.1. The first-order chi connectivity index (χ1) is 11.8. The van der Waals surface area contributed by atoms with E-state index in [4.69, 9.17) is 9.84 Å². The summed E-state index contributed by atoms with van der Waals surface area (Å²) in [6, 6.07) is 10.7. The number of hydrogen-bond donors (Lipinski definition) is 0. The minimum Gasteiger partial charge on any atom is -0.444 e. The van der Waals surface area contributed by atoms with Crippen molar-refractivity contribution < 1.29 is 9.53 Å². The van der Waals surface area contributed by atoms with Crippen LogP contribution in [0, 0.1) is 6.92 Å². The summed E-state index contributed by atoms with van der Waals surface area (Å²) in [6.45, 7) is 9.16. The van der Waals surface area contributed by atoms with Crippen molar-refractivity contribution in [3.63, 3.8) is 0 Å². The van der Waals surface area contributed by atoms with E-state index >= 15 is 0 Å². The molecule has 5 nitrogen and oxygen atoms in total. The molecule has 0 aliphatic carbocycles. The van der Waals surface area contributed by atoms with Gasteiger partial charge in [-0.2, -0.15) is 5.10 Å². The average molecular weight is 341 g/mol. The summed E-state index contributed by atoms with van der Waals surface area (Å²) < 4.78 is 7.54. The molecule has 1 fully saturated rings. The van der Waals surface area contributed by atoms with E-state index in [2.05, 4.69) is 29.9 Å². The van der Waals surface area contributed by atoms with Crippen LogP contribution in [-0.2, 0) is 4.74 Å². The molecule has 0 atom stereocenters. The van der Waals surface area contributed by atoms with Crippen molar-refractivity contribution in [1.82, 2.24) is 14.7 Å². The zero-order chi connectivity index (χ0) is 18.0. The maximum absolute atomic E-state index is 12.2. The molecule has 2 aromatic rings. The lowest BCUT2D eigenvalue weighted by Gasteiger charge is -2.33. The summed E-state index contributed by atoms with van der Waals surface area (Å²) in [4.78, 5) is 14.0. The first kappa shape index (κ1) is 17.5. The highest BCUT2D eigenvalue weighted by Gasteiger charge is 2.28. The van der Waals surface area contributed by atoms with Gasteiger partial charge in [0.05, 0.1) is 11.7 Å². The zero-order valence-corrected chi connectivity index (χ0v) is 15.5. The largest absolute Gasteiger partial charge is 0.444 e. The van der Waals surface area contributed by atoms with E-state index in [1.807, 2.05) is 39.0 Å². The van der Waals surface area contributed by atoms with E-state index in [0.29, 0.717) is 19.1 Å².